The minimum Gasteiger partial charge on any atom is -0.351 e. The SMILES string of the molecule is O=C(NCC1CCCC(Cl)C1)c1ccc([N+](=O)[O-])s1. The molecular weight excluding hydrogens is 288 g/mol. The van der Waals surface area contributed by atoms with Crippen LogP contribution in [0.25, 0.3) is 0 Å². The highest BCUT2D eigenvalue weighted by Crippen LogP contribution is 2.28. The number of thiophene rings is 1. The maximum Gasteiger partial charge on any atom is 0.324 e. The van der Waals surface area contributed by atoms with E-state index in [1.165, 1.54) is 12.1 Å². The third kappa shape index (κ3) is 3.91. The molecule has 19 heavy (non-hydrogen) atoms. The molecule has 1 aliphatic rings. The Morgan fingerprint density at radius 3 is 2.95 bits per heavy atom. The number of hydrogen-bond donors (Lipinski definition) is 1. The van der Waals surface area contributed by atoms with Crippen molar-refractivity contribution in [2.75, 3.05) is 6.54 Å². The van der Waals surface area contributed by atoms with Crippen molar-refractivity contribution in [1.29, 1.82) is 0 Å². The Labute approximate surface area is 120 Å². The number of amides is 1. The first-order valence-corrected chi connectivity index (χ1v) is 7.48. The Morgan fingerprint density at radius 1 is 1.53 bits per heavy atom. The monoisotopic (exact) mass is 302 g/mol. The van der Waals surface area contributed by atoms with Gasteiger partial charge < -0.3 is 5.32 Å². The molecule has 1 saturated carbocycles. The van der Waals surface area contributed by atoms with Crippen molar-refractivity contribution in [3.05, 3.63) is 27.1 Å². The lowest BCUT2D eigenvalue weighted by atomic mass is 9.89. The normalized spacial score (nSPS) is 23.0. The molecule has 2 unspecified atom stereocenters. The van der Waals surface area contributed by atoms with Crippen LogP contribution in [0.2, 0.25) is 0 Å². The molecule has 1 aromatic heterocycles. The van der Waals surface area contributed by atoms with Crippen LogP contribution >= 0.6 is 22.9 Å². The van der Waals surface area contributed by atoms with E-state index in [1.54, 1.807) is 0 Å². The topological polar surface area (TPSA) is 72.2 Å². The number of alkyl halides is 1. The molecule has 0 bridgehead atoms. The highest BCUT2D eigenvalue weighted by Gasteiger charge is 2.21. The summed E-state index contributed by atoms with van der Waals surface area (Å²) in [6.07, 6.45) is 4.14. The summed E-state index contributed by atoms with van der Waals surface area (Å²) in [4.78, 5) is 22.3. The number of nitro groups is 1. The van der Waals surface area contributed by atoms with Crippen molar-refractivity contribution >= 4 is 33.8 Å². The maximum absolute atomic E-state index is 11.8. The van der Waals surface area contributed by atoms with Gasteiger partial charge in [0.15, 0.2) is 0 Å². The predicted molar refractivity (Wildman–Crippen MR) is 74.9 cm³/mol. The Balaban J connectivity index is 1.85. The van der Waals surface area contributed by atoms with Crippen molar-refractivity contribution in [2.45, 2.75) is 31.1 Å². The zero-order valence-electron chi connectivity index (χ0n) is 10.3. The fourth-order valence-corrected chi connectivity index (χ4v) is 3.43. The summed E-state index contributed by atoms with van der Waals surface area (Å²) in [7, 11) is 0. The van der Waals surface area contributed by atoms with Gasteiger partial charge in [-0.05, 0) is 31.2 Å². The molecule has 1 aliphatic carbocycles. The van der Waals surface area contributed by atoms with E-state index in [9.17, 15) is 14.9 Å². The van der Waals surface area contributed by atoms with Gasteiger partial charge in [-0.2, -0.15) is 0 Å². The first-order chi connectivity index (χ1) is 9.06. The molecule has 0 saturated heterocycles. The predicted octanol–water partition coefficient (Wildman–Crippen LogP) is 3.18. The largest absolute Gasteiger partial charge is 0.351 e. The van der Waals surface area contributed by atoms with Gasteiger partial charge in [-0.1, -0.05) is 17.8 Å². The number of hydrogen-bond acceptors (Lipinski definition) is 4. The van der Waals surface area contributed by atoms with Gasteiger partial charge in [-0.25, -0.2) is 0 Å². The van der Waals surface area contributed by atoms with Crippen LogP contribution in [0.1, 0.15) is 35.4 Å². The van der Waals surface area contributed by atoms with E-state index in [0.29, 0.717) is 17.3 Å². The molecule has 1 N–H and O–H groups in total. The molecular formula is C12H15ClN2O3S. The minimum atomic E-state index is -0.485. The molecule has 7 heteroatoms. The average Bonchev–Trinajstić information content (AvgIpc) is 2.86. The molecule has 0 aromatic carbocycles. The van der Waals surface area contributed by atoms with Crippen molar-refractivity contribution in [2.24, 2.45) is 5.92 Å². The maximum atomic E-state index is 11.8. The van der Waals surface area contributed by atoms with Gasteiger partial charge in [0, 0.05) is 18.0 Å². The van der Waals surface area contributed by atoms with Crippen molar-refractivity contribution in [3.8, 4) is 0 Å². The quantitative estimate of drug-likeness (QED) is 0.527. The van der Waals surface area contributed by atoms with E-state index >= 15 is 0 Å². The molecule has 0 aliphatic heterocycles. The van der Waals surface area contributed by atoms with E-state index in [4.69, 9.17) is 11.6 Å². The fraction of sp³-hybridized carbons (Fsp3) is 0.583. The van der Waals surface area contributed by atoms with Gasteiger partial charge in [0.1, 0.15) is 0 Å². The lowest BCUT2D eigenvalue weighted by Crippen LogP contribution is -2.31. The fourth-order valence-electron chi connectivity index (χ4n) is 2.28. The number of carbonyl (C=O) groups is 1. The van der Waals surface area contributed by atoms with Crippen molar-refractivity contribution in [3.63, 3.8) is 0 Å². The minimum absolute atomic E-state index is 0.0105. The number of nitrogens with one attached hydrogen (secondary N) is 1. The van der Waals surface area contributed by atoms with Gasteiger partial charge >= 0.3 is 5.00 Å². The van der Waals surface area contributed by atoms with Crippen LogP contribution in [-0.2, 0) is 0 Å². The van der Waals surface area contributed by atoms with Gasteiger partial charge in [-0.15, -0.1) is 11.6 Å². The van der Waals surface area contributed by atoms with Crippen LogP contribution in [0.3, 0.4) is 0 Å². The van der Waals surface area contributed by atoms with E-state index in [1.807, 2.05) is 0 Å². The third-order valence-corrected chi connectivity index (χ3v) is 4.70. The van der Waals surface area contributed by atoms with Crippen molar-refractivity contribution in [1.82, 2.24) is 5.32 Å². The average molecular weight is 303 g/mol. The first kappa shape index (κ1) is 14.3. The Kier molecular flexibility index (Phi) is 4.76. The van der Waals surface area contributed by atoms with Crippen LogP contribution in [0.5, 0.6) is 0 Å². The molecule has 1 fully saturated rings. The first-order valence-electron chi connectivity index (χ1n) is 6.22. The van der Waals surface area contributed by atoms with Gasteiger partial charge in [0.05, 0.1) is 9.80 Å². The van der Waals surface area contributed by atoms with E-state index in [2.05, 4.69) is 5.32 Å². The second-order valence-electron chi connectivity index (χ2n) is 4.73. The Bertz CT molecular complexity index is 477. The van der Waals surface area contributed by atoms with Gasteiger partial charge in [0.2, 0.25) is 0 Å². The summed E-state index contributed by atoms with van der Waals surface area (Å²) >= 11 is 7.00. The van der Waals surface area contributed by atoms with Gasteiger partial charge in [0.25, 0.3) is 5.91 Å². The van der Waals surface area contributed by atoms with Crippen LogP contribution in [-0.4, -0.2) is 22.8 Å². The van der Waals surface area contributed by atoms with E-state index in [-0.39, 0.29) is 16.3 Å². The van der Waals surface area contributed by atoms with Gasteiger partial charge in [-0.3, -0.25) is 14.9 Å². The van der Waals surface area contributed by atoms with Crippen LogP contribution in [0.15, 0.2) is 12.1 Å². The van der Waals surface area contributed by atoms with Crippen LogP contribution in [0, 0.1) is 16.0 Å². The number of rotatable bonds is 4. The summed E-state index contributed by atoms with van der Waals surface area (Å²) < 4.78 is 0. The molecule has 1 aromatic rings. The molecule has 1 amide bonds. The zero-order chi connectivity index (χ0) is 13.8. The number of carbonyl (C=O) groups excluding carboxylic acids is 1. The van der Waals surface area contributed by atoms with Crippen LogP contribution < -0.4 is 5.32 Å². The highest BCUT2D eigenvalue weighted by atomic mass is 35.5. The number of nitrogens with zero attached hydrogens (tertiary/aromatic N) is 1. The molecule has 104 valence electrons. The molecule has 2 atom stereocenters. The molecule has 1 heterocycles. The third-order valence-electron chi connectivity index (χ3n) is 3.27. The summed E-state index contributed by atoms with van der Waals surface area (Å²) in [5.41, 5.74) is 0. The Hall–Kier alpha value is -1.14. The summed E-state index contributed by atoms with van der Waals surface area (Å²) in [6.45, 7) is 0.591. The highest BCUT2D eigenvalue weighted by molar-refractivity contribution is 7.17. The zero-order valence-corrected chi connectivity index (χ0v) is 11.9. The lowest BCUT2D eigenvalue weighted by molar-refractivity contribution is -0.380. The van der Waals surface area contributed by atoms with Crippen molar-refractivity contribution < 1.29 is 9.72 Å². The molecule has 5 nitrogen and oxygen atoms in total. The second kappa shape index (κ2) is 6.34. The summed E-state index contributed by atoms with van der Waals surface area (Å²) in [5, 5.41) is 13.6. The van der Waals surface area contributed by atoms with E-state index < -0.39 is 4.92 Å². The summed E-state index contributed by atoms with van der Waals surface area (Å²) in [6, 6.07) is 2.85. The molecule has 2 rings (SSSR count). The smallest absolute Gasteiger partial charge is 0.324 e. The summed E-state index contributed by atoms with van der Waals surface area (Å²) in [5.74, 6) is 0.171. The Morgan fingerprint density at radius 2 is 2.32 bits per heavy atom. The number of halogens is 1. The second-order valence-corrected chi connectivity index (χ2v) is 6.41. The standard InChI is InChI=1S/C12H15ClN2O3S/c13-9-3-1-2-8(6-9)7-14-12(16)10-4-5-11(19-10)15(17)18/h4-5,8-9H,1-3,6-7H2,(H,14,16). The lowest BCUT2D eigenvalue weighted by Gasteiger charge is -2.25. The molecule has 0 radical (unpaired) electrons. The van der Waals surface area contributed by atoms with E-state index in [0.717, 1.165) is 37.0 Å². The molecule has 0 spiro atoms. The van der Waals surface area contributed by atoms with Crippen LogP contribution in [0.4, 0.5) is 5.00 Å².